The number of hydrogen-bond acceptors (Lipinski definition) is 3. The lowest BCUT2D eigenvalue weighted by Crippen LogP contribution is -2.38. The summed E-state index contributed by atoms with van der Waals surface area (Å²) in [5.41, 5.74) is 0.654. The van der Waals surface area contributed by atoms with Gasteiger partial charge < -0.3 is 20.1 Å². The van der Waals surface area contributed by atoms with Gasteiger partial charge in [0.2, 0.25) is 0 Å². The Bertz CT molecular complexity index is 382. The first-order valence-electron chi connectivity index (χ1n) is 5.95. The fourth-order valence-electron chi connectivity index (χ4n) is 1.53. The fourth-order valence-corrected chi connectivity index (χ4v) is 1.53. The van der Waals surface area contributed by atoms with Crippen LogP contribution in [0.4, 0.5) is 10.5 Å². The monoisotopic (exact) mass is 252 g/mol. The van der Waals surface area contributed by atoms with Crippen LogP contribution in [-0.2, 0) is 4.74 Å². The van der Waals surface area contributed by atoms with Gasteiger partial charge in [0, 0.05) is 7.11 Å². The minimum Gasteiger partial charge on any atom is -0.492 e. The summed E-state index contributed by atoms with van der Waals surface area (Å²) in [4.78, 5) is 11.7. The Balaban J connectivity index is 2.58. The van der Waals surface area contributed by atoms with Gasteiger partial charge in [-0.05, 0) is 26.0 Å². The van der Waals surface area contributed by atoms with E-state index in [1.54, 1.807) is 13.2 Å². The maximum atomic E-state index is 11.7. The lowest BCUT2D eigenvalue weighted by Gasteiger charge is -2.15. The molecule has 100 valence electrons. The molecule has 1 unspecified atom stereocenters. The zero-order valence-electron chi connectivity index (χ0n) is 11.0. The Morgan fingerprint density at radius 2 is 2.11 bits per heavy atom. The van der Waals surface area contributed by atoms with Crippen LogP contribution in [0.2, 0.25) is 0 Å². The third kappa shape index (κ3) is 4.63. The second kappa shape index (κ2) is 7.55. The highest BCUT2D eigenvalue weighted by atomic mass is 16.5. The first-order chi connectivity index (χ1) is 8.67. The summed E-state index contributed by atoms with van der Waals surface area (Å²) < 4.78 is 10.4. The van der Waals surface area contributed by atoms with E-state index in [2.05, 4.69) is 10.6 Å². The molecule has 1 aromatic carbocycles. The largest absolute Gasteiger partial charge is 0.492 e. The van der Waals surface area contributed by atoms with E-state index >= 15 is 0 Å². The molecule has 0 aliphatic rings. The van der Waals surface area contributed by atoms with Crippen molar-refractivity contribution in [3.63, 3.8) is 0 Å². The number of ether oxygens (including phenoxy) is 2. The first kappa shape index (κ1) is 14.3. The summed E-state index contributed by atoms with van der Waals surface area (Å²) >= 11 is 0. The number of carbonyl (C=O) groups is 1. The summed E-state index contributed by atoms with van der Waals surface area (Å²) in [5.74, 6) is 0.662. The van der Waals surface area contributed by atoms with Crippen molar-refractivity contribution in [3.8, 4) is 5.75 Å². The highest BCUT2D eigenvalue weighted by Crippen LogP contribution is 2.23. The summed E-state index contributed by atoms with van der Waals surface area (Å²) in [6.07, 6.45) is 0. The molecule has 2 amide bonds. The van der Waals surface area contributed by atoms with Crippen molar-refractivity contribution in [2.24, 2.45) is 0 Å². The van der Waals surface area contributed by atoms with E-state index in [9.17, 15) is 4.79 Å². The van der Waals surface area contributed by atoms with Crippen LogP contribution >= 0.6 is 0 Å². The third-order valence-corrected chi connectivity index (χ3v) is 2.23. The molecule has 0 saturated carbocycles. The molecule has 0 heterocycles. The molecule has 5 heteroatoms. The second-order valence-corrected chi connectivity index (χ2v) is 3.88. The second-order valence-electron chi connectivity index (χ2n) is 3.88. The van der Waals surface area contributed by atoms with Crippen LogP contribution in [0.1, 0.15) is 13.8 Å². The molecule has 0 aliphatic heterocycles. The van der Waals surface area contributed by atoms with Crippen molar-refractivity contribution in [3.05, 3.63) is 24.3 Å². The van der Waals surface area contributed by atoms with E-state index in [1.807, 2.05) is 32.0 Å². The van der Waals surface area contributed by atoms with Crippen LogP contribution in [0.3, 0.4) is 0 Å². The van der Waals surface area contributed by atoms with E-state index in [0.717, 1.165) is 0 Å². The molecule has 0 fully saturated rings. The Hall–Kier alpha value is -1.75. The van der Waals surface area contributed by atoms with Gasteiger partial charge in [0.1, 0.15) is 5.75 Å². The van der Waals surface area contributed by atoms with Crippen LogP contribution in [0.5, 0.6) is 5.75 Å². The summed E-state index contributed by atoms with van der Waals surface area (Å²) in [5, 5.41) is 5.52. The normalized spacial score (nSPS) is 11.7. The molecule has 18 heavy (non-hydrogen) atoms. The topological polar surface area (TPSA) is 59.6 Å². The maximum Gasteiger partial charge on any atom is 0.319 e. The van der Waals surface area contributed by atoms with Crippen LogP contribution in [0.15, 0.2) is 24.3 Å². The van der Waals surface area contributed by atoms with Crippen molar-refractivity contribution in [1.29, 1.82) is 0 Å². The van der Waals surface area contributed by atoms with Gasteiger partial charge in [0.15, 0.2) is 0 Å². The Morgan fingerprint density at radius 1 is 1.39 bits per heavy atom. The quantitative estimate of drug-likeness (QED) is 0.816. The summed E-state index contributed by atoms with van der Waals surface area (Å²) in [6, 6.07) is 7.00. The molecule has 1 atom stereocenters. The number of anilines is 1. The predicted octanol–water partition coefficient (Wildman–Crippen LogP) is 2.24. The lowest BCUT2D eigenvalue weighted by molar-refractivity contribution is 0.173. The molecular weight excluding hydrogens is 232 g/mol. The number of para-hydroxylation sites is 2. The van der Waals surface area contributed by atoms with Crippen molar-refractivity contribution in [1.82, 2.24) is 5.32 Å². The molecule has 2 N–H and O–H groups in total. The predicted molar refractivity (Wildman–Crippen MR) is 71.1 cm³/mol. The number of amides is 2. The van der Waals surface area contributed by atoms with Crippen LogP contribution in [0.25, 0.3) is 0 Å². The highest BCUT2D eigenvalue weighted by Gasteiger charge is 2.09. The Kier molecular flexibility index (Phi) is 6.00. The number of hydrogen-bond donors (Lipinski definition) is 2. The van der Waals surface area contributed by atoms with E-state index in [1.165, 1.54) is 0 Å². The number of benzene rings is 1. The van der Waals surface area contributed by atoms with Crippen molar-refractivity contribution >= 4 is 11.7 Å². The Labute approximate surface area is 107 Å². The van der Waals surface area contributed by atoms with Crippen LogP contribution in [0, 0.1) is 0 Å². The number of carbonyl (C=O) groups excluding carboxylic acids is 1. The van der Waals surface area contributed by atoms with Gasteiger partial charge in [0.05, 0.1) is 24.9 Å². The fraction of sp³-hybridized carbons (Fsp3) is 0.462. The molecule has 0 radical (unpaired) electrons. The zero-order valence-corrected chi connectivity index (χ0v) is 11.0. The van der Waals surface area contributed by atoms with Crippen LogP contribution in [-0.4, -0.2) is 32.4 Å². The van der Waals surface area contributed by atoms with Crippen molar-refractivity contribution < 1.29 is 14.3 Å². The highest BCUT2D eigenvalue weighted by molar-refractivity contribution is 5.91. The minimum absolute atomic E-state index is 0.0470. The molecular formula is C13H20N2O3. The SMILES string of the molecule is CCOc1ccccc1NC(=O)NC(C)COC. The van der Waals surface area contributed by atoms with Gasteiger partial charge in [-0.2, -0.15) is 0 Å². The average Bonchev–Trinajstić information content (AvgIpc) is 2.32. The standard InChI is InChI=1S/C13H20N2O3/c1-4-18-12-8-6-5-7-11(12)15-13(16)14-10(2)9-17-3/h5-8,10H,4,9H2,1-3H3,(H2,14,15,16). The average molecular weight is 252 g/mol. The minimum atomic E-state index is -0.272. The Morgan fingerprint density at radius 3 is 2.78 bits per heavy atom. The summed E-state index contributed by atoms with van der Waals surface area (Å²) in [7, 11) is 1.60. The smallest absolute Gasteiger partial charge is 0.319 e. The van der Waals surface area contributed by atoms with E-state index in [0.29, 0.717) is 24.7 Å². The van der Waals surface area contributed by atoms with E-state index < -0.39 is 0 Å². The van der Waals surface area contributed by atoms with E-state index in [4.69, 9.17) is 9.47 Å². The van der Waals surface area contributed by atoms with Crippen molar-refractivity contribution in [2.45, 2.75) is 19.9 Å². The molecule has 0 aliphatic carbocycles. The van der Waals surface area contributed by atoms with Crippen LogP contribution < -0.4 is 15.4 Å². The van der Waals surface area contributed by atoms with Gasteiger partial charge in [0.25, 0.3) is 0 Å². The molecule has 1 aromatic rings. The number of rotatable bonds is 6. The summed E-state index contributed by atoms with van der Waals surface area (Å²) in [6.45, 7) is 4.80. The first-order valence-corrected chi connectivity index (χ1v) is 5.95. The molecule has 1 rings (SSSR count). The molecule has 0 saturated heterocycles. The van der Waals surface area contributed by atoms with Gasteiger partial charge in [-0.3, -0.25) is 0 Å². The third-order valence-electron chi connectivity index (χ3n) is 2.23. The number of urea groups is 1. The molecule has 5 nitrogen and oxygen atoms in total. The van der Waals surface area contributed by atoms with Gasteiger partial charge in [-0.15, -0.1) is 0 Å². The van der Waals surface area contributed by atoms with Crippen molar-refractivity contribution in [2.75, 3.05) is 25.6 Å². The lowest BCUT2D eigenvalue weighted by atomic mass is 10.3. The van der Waals surface area contributed by atoms with Gasteiger partial charge in [-0.25, -0.2) is 4.79 Å². The molecule has 0 bridgehead atoms. The van der Waals surface area contributed by atoms with Gasteiger partial charge >= 0.3 is 6.03 Å². The molecule has 0 aromatic heterocycles. The van der Waals surface area contributed by atoms with Gasteiger partial charge in [-0.1, -0.05) is 12.1 Å². The maximum absolute atomic E-state index is 11.7. The van der Waals surface area contributed by atoms with E-state index in [-0.39, 0.29) is 12.1 Å². The zero-order chi connectivity index (χ0) is 13.4. The number of nitrogens with one attached hydrogen (secondary N) is 2. The number of methoxy groups -OCH3 is 1. The molecule has 0 spiro atoms.